The maximum atomic E-state index is 12.2. The number of rotatable bonds is 4. The van der Waals surface area contributed by atoms with Crippen molar-refractivity contribution >= 4 is 5.91 Å². The number of carbonyl (C=O) groups is 1. The lowest BCUT2D eigenvalue weighted by atomic mass is 9.98. The van der Waals surface area contributed by atoms with E-state index in [-0.39, 0.29) is 5.91 Å². The number of carbonyl (C=O) groups excluding carboxylic acids is 1. The number of amides is 1. The predicted molar refractivity (Wildman–Crippen MR) is 69.4 cm³/mol. The van der Waals surface area contributed by atoms with Crippen molar-refractivity contribution < 1.29 is 9.90 Å². The molecule has 18 heavy (non-hydrogen) atoms. The molecule has 0 radical (unpaired) electrons. The average Bonchev–Trinajstić information content (AvgIpc) is 2.28. The minimum atomic E-state index is -0.681. The van der Waals surface area contributed by atoms with Crippen LogP contribution in [-0.2, 0) is 6.42 Å². The minimum absolute atomic E-state index is 0.226. The Hall–Kier alpha value is -1.49. The number of hydrogen-bond donors (Lipinski definition) is 2. The molecule has 5 nitrogen and oxygen atoms in total. The van der Waals surface area contributed by atoms with Gasteiger partial charge < -0.3 is 10.4 Å². The van der Waals surface area contributed by atoms with Gasteiger partial charge in [-0.3, -0.25) is 4.79 Å². The van der Waals surface area contributed by atoms with Gasteiger partial charge in [-0.15, -0.1) is 0 Å². The molecule has 1 unspecified atom stereocenters. The first-order valence-corrected chi connectivity index (χ1v) is 6.11. The van der Waals surface area contributed by atoms with Crippen molar-refractivity contribution in [2.75, 3.05) is 0 Å². The molecule has 100 valence electrons. The topological polar surface area (TPSA) is 75.1 Å². The Morgan fingerprint density at radius 2 is 2.11 bits per heavy atom. The maximum absolute atomic E-state index is 12.2. The highest BCUT2D eigenvalue weighted by Crippen LogP contribution is 2.13. The van der Waals surface area contributed by atoms with Gasteiger partial charge in [-0.2, -0.15) is 10.2 Å². The molecule has 0 aliphatic carbocycles. The summed E-state index contributed by atoms with van der Waals surface area (Å²) in [4.78, 5) is 12.2. The lowest BCUT2D eigenvalue weighted by Gasteiger charge is -2.29. The van der Waals surface area contributed by atoms with Crippen LogP contribution in [0, 0.1) is 6.92 Å². The Kier molecular flexibility index (Phi) is 4.40. The van der Waals surface area contributed by atoms with E-state index in [4.69, 9.17) is 0 Å². The van der Waals surface area contributed by atoms with Crippen LogP contribution in [-0.4, -0.2) is 32.9 Å². The van der Waals surface area contributed by atoms with Gasteiger partial charge in [0.2, 0.25) is 0 Å². The van der Waals surface area contributed by atoms with Gasteiger partial charge in [0.15, 0.2) is 0 Å². The summed E-state index contributed by atoms with van der Waals surface area (Å²) in [5, 5.41) is 20.4. The van der Waals surface area contributed by atoms with Crippen LogP contribution in [0.4, 0.5) is 0 Å². The third-order valence-corrected chi connectivity index (χ3v) is 3.05. The van der Waals surface area contributed by atoms with Gasteiger partial charge in [0, 0.05) is 0 Å². The van der Waals surface area contributed by atoms with E-state index in [0.29, 0.717) is 23.4 Å². The maximum Gasteiger partial charge on any atom is 0.253 e. The monoisotopic (exact) mass is 251 g/mol. The number of aromatic nitrogens is 2. The van der Waals surface area contributed by atoms with E-state index in [1.54, 1.807) is 33.8 Å². The fraction of sp³-hybridized carbons (Fsp3) is 0.615. The van der Waals surface area contributed by atoms with E-state index < -0.39 is 11.6 Å². The molecular weight excluding hydrogens is 230 g/mol. The number of nitrogens with zero attached hydrogens (tertiary/aromatic N) is 2. The Morgan fingerprint density at radius 1 is 1.50 bits per heavy atom. The molecule has 0 aliphatic heterocycles. The second-order valence-corrected chi connectivity index (χ2v) is 5.05. The van der Waals surface area contributed by atoms with Gasteiger partial charge >= 0.3 is 0 Å². The van der Waals surface area contributed by atoms with Crippen LogP contribution in [0.1, 0.15) is 49.4 Å². The molecule has 0 aromatic carbocycles. The fourth-order valence-electron chi connectivity index (χ4n) is 1.44. The van der Waals surface area contributed by atoms with E-state index in [2.05, 4.69) is 15.5 Å². The molecule has 5 heteroatoms. The molecule has 1 aromatic rings. The first kappa shape index (κ1) is 14.6. The van der Waals surface area contributed by atoms with Gasteiger partial charge in [0.25, 0.3) is 5.91 Å². The van der Waals surface area contributed by atoms with Crippen LogP contribution in [0.15, 0.2) is 6.07 Å². The molecule has 1 heterocycles. The van der Waals surface area contributed by atoms with Crippen molar-refractivity contribution in [1.82, 2.24) is 15.5 Å². The first-order chi connectivity index (χ1) is 8.27. The van der Waals surface area contributed by atoms with E-state index in [9.17, 15) is 9.90 Å². The number of aryl methyl sites for hydroxylation is 2. The second kappa shape index (κ2) is 5.44. The number of aliphatic hydroxyl groups excluding tert-OH is 1. The highest BCUT2D eigenvalue weighted by Gasteiger charge is 2.27. The normalized spacial score (nSPS) is 13.2. The van der Waals surface area contributed by atoms with Gasteiger partial charge in [-0.1, -0.05) is 6.92 Å². The zero-order valence-corrected chi connectivity index (χ0v) is 11.6. The van der Waals surface area contributed by atoms with Gasteiger partial charge in [0.05, 0.1) is 28.6 Å². The molecule has 0 aliphatic rings. The summed E-state index contributed by atoms with van der Waals surface area (Å²) in [6.45, 7) is 8.93. The summed E-state index contributed by atoms with van der Waals surface area (Å²) in [6.07, 6.45) is 0.00734. The van der Waals surface area contributed by atoms with E-state index in [1.807, 2.05) is 6.92 Å². The Bertz CT molecular complexity index is 442. The van der Waals surface area contributed by atoms with Crippen molar-refractivity contribution in [1.29, 1.82) is 0 Å². The molecule has 0 bridgehead atoms. The Morgan fingerprint density at radius 3 is 2.61 bits per heavy atom. The van der Waals surface area contributed by atoms with Gasteiger partial charge in [-0.05, 0) is 40.2 Å². The second-order valence-electron chi connectivity index (χ2n) is 5.05. The van der Waals surface area contributed by atoms with Crippen molar-refractivity contribution in [3.8, 4) is 0 Å². The Balaban J connectivity index is 3.01. The van der Waals surface area contributed by atoms with Crippen LogP contribution >= 0.6 is 0 Å². The standard InChI is InChI=1S/C13H21N3O2/c1-6-11-10(7-8(2)15-16-11)12(18)14-13(4,5)9(3)17/h7,9,17H,6H2,1-5H3,(H,14,18). The van der Waals surface area contributed by atoms with E-state index >= 15 is 0 Å². The number of nitrogens with one attached hydrogen (secondary N) is 1. The summed E-state index contributed by atoms with van der Waals surface area (Å²) < 4.78 is 0. The molecule has 0 fully saturated rings. The largest absolute Gasteiger partial charge is 0.391 e. The molecule has 1 rings (SSSR count). The first-order valence-electron chi connectivity index (χ1n) is 6.11. The summed E-state index contributed by atoms with van der Waals surface area (Å²) in [7, 11) is 0. The quantitative estimate of drug-likeness (QED) is 0.844. The van der Waals surface area contributed by atoms with Crippen molar-refractivity contribution in [3.63, 3.8) is 0 Å². The summed E-state index contributed by atoms with van der Waals surface area (Å²) in [5.41, 5.74) is 1.21. The molecule has 1 amide bonds. The number of hydrogen-bond acceptors (Lipinski definition) is 4. The lowest BCUT2D eigenvalue weighted by Crippen LogP contribution is -2.51. The third kappa shape index (κ3) is 3.26. The van der Waals surface area contributed by atoms with Gasteiger partial charge in [-0.25, -0.2) is 0 Å². The third-order valence-electron chi connectivity index (χ3n) is 3.05. The zero-order valence-electron chi connectivity index (χ0n) is 11.6. The summed E-state index contributed by atoms with van der Waals surface area (Å²) in [6, 6.07) is 1.72. The molecular formula is C13H21N3O2. The zero-order chi connectivity index (χ0) is 13.9. The highest BCUT2D eigenvalue weighted by molar-refractivity contribution is 5.95. The van der Waals surface area contributed by atoms with Crippen molar-refractivity contribution in [3.05, 3.63) is 23.0 Å². The van der Waals surface area contributed by atoms with Gasteiger partial charge in [0.1, 0.15) is 0 Å². The predicted octanol–water partition coefficient (Wildman–Crippen LogP) is 1.24. The number of aliphatic hydroxyl groups is 1. The molecule has 0 saturated carbocycles. The molecule has 2 N–H and O–H groups in total. The highest BCUT2D eigenvalue weighted by atomic mass is 16.3. The van der Waals surface area contributed by atoms with E-state index in [0.717, 1.165) is 0 Å². The molecule has 0 spiro atoms. The summed E-state index contributed by atoms with van der Waals surface area (Å²) >= 11 is 0. The van der Waals surface area contributed by atoms with Crippen molar-refractivity contribution in [2.24, 2.45) is 0 Å². The smallest absolute Gasteiger partial charge is 0.253 e. The van der Waals surface area contributed by atoms with E-state index in [1.165, 1.54) is 0 Å². The average molecular weight is 251 g/mol. The SMILES string of the molecule is CCc1nnc(C)cc1C(=O)NC(C)(C)C(C)O. The molecule has 1 atom stereocenters. The van der Waals surface area contributed by atoms with Crippen LogP contribution in [0.25, 0.3) is 0 Å². The van der Waals surface area contributed by atoms with Crippen LogP contribution < -0.4 is 5.32 Å². The van der Waals surface area contributed by atoms with Crippen LogP contribution in [0.3, 0.4) is 0 Å². The summed E-state index contributed by atoms with van der Waals surface area (Å²) in [5.74, 6) is -0.226. The lowest BCUT2D eigenvalue weighted by molar-refractivity contribution is 0.0708. The van der Waals surface area contributed by atoms with Crippen molar-refractivity contribution in [2.45, 2.75) is 52.7 Å². The Labute approximate surface area is 108 Å². The van der Waals surface area contributed by atoms with Crippen LogP contribution in [0.2, 0.25) is 0 Å². The van der Waals surface area contributed by atoms with Crippen LogP contribution in [0.5, 0.6) is 0 Å². The fourth-order valence-corrected chi connectivity index (χ4v) is 1.44. The molecule has 1 aromatic heterocycles. The molecule has 0 saturated heterocycles. The minimum Gasteiger partial charge on any atom is -0.391 e.